The number of aliphatic hydroxyl groups excluding tert-OH is 2. The van der Waals surface area contributed by atoms with Crippen molar-refractivity contribution in [3.05, 3.63) is 24.3 Å². The molecule has 0 aromatic carbocycles. The molecule has 2 atom stereocenters. The summed E-state index contributed by atoms with van der Waals surface area (Å²) in [6.07, 6.45) is 60.3. The fraction of sp³-hybridized carbons (Fsp3) is 0.891. The van der Waals surface area contributed by atoms with E-state index >= 15 is 0 Å². The topological polar surface area (TPSA) is 95.9 Å². The van der Waals surface area contributed by atoms with Crippen LogP contribution in [0.1, 0.15) is 290 Å². The van der Waals surface area contributed by atoms with Crippen LogP contribution in [0.3, 0.4) is 0 Å². The third-order valence-corrected chi connectivity index (χ3v) is 12.5. The molecule has 0 fully saturated rings. The first kappa shape index (κ1) is 59.3. The zero-order chi connectivity index (χ0) is 44.4. The Labute approximate surface area is 380 Å². The number of unbranched alkanes of at least 4 members (excludes halogenated alkanes) is 35. The van der Waals surface area contributed by atoms with Gasteiger partial charge in [0.2, 0.25) is 5.91 Å². The minimum atomic E-state index is -0.697. The number of ether oxygens (including phenoxy) is 1. The summed E-state index contributed by atoms with van der Waals surface area (Å²) in [5, 5.41) is 23.1. The van der Waals surface area contributed by atoms with Crippen LogP contribution in [0.2, 0.25) is 0 Å². The van der Waals surface area contributed by atoms with E-state index in [1.54, 1.807) is 0 Å². The highest BCUT2D eigenvalue weighted by Crippen LogP contribution is 2.17. The van der Waals surface area contributed by atoms with Crippen molar-refractivity contribution in [1.82, 2.24) is 5.32 Å². The summed E-state index contributed by atoms with van der Waals surface area (Å²) in [5.41, 5.74) is 0. The summed E-state index contributed by atoms with van der Waals surface area (Å²) in [5.74, 6) is -0.128. The second kappa shape index (κ2) is 51.0. The monoisotopic (exact) mass is 860 g/mol. The maximum Gasteiger partial charge on any atom is 0.305 e. The zero-order valence-corrected chi connectivity index (χ0v) is 40.9. The number of carbonyl (C=O) groups is 2. The molecule has 0 aromatic rings. The molecule has 0 rings (SSSR count). The Morgan fingerprint density at radius 1 is 0.459 bits per heavy atom. The third kappa shape index (κ3) is 47.7. The normalized spacial score (nSPS) is 12.8. The van der Waals surface area contributed by atoms with Gasteiger partial charge in [-0.05, 0) is 44.9 Å². The molecule has 0 aromatic heterocycles. The molecule has 360 valence electrons. The van der Waals surface area contributed by atoms with Gasteiger partial charge in [0.1, 0.15) is 0 Å². The molecule has 6 nitrogen and oxygen atoms in total. The molecular weight excluding hydrogens is 755 g/mol. The largest absolute Gasteiger partial charge is 0.466 e. The van der Waals surface area contributed by atoms with Gasteiger partial charge >= 0.3 is 5.97 Å². The lowest BCUT2D eigenvalue weighted by Crippen LogP contribution is -2.45. The van der Waals surface area contributed by atoms with Crippen LogP contribution in [0.25, 0.3) is 0 Å². The van der Waals surface area contributed by atoms with E-state index in [2.05, 4.69) is 37.4 Å². The SMILES string of the molecule is CCCCCCCCCCCCCCCCCCCCC(=O)OCCCCCCCC/C=C\C/C=C\CCC(=O)NC(CO)C(O)CCCCCCCCCCCCCCC. The Morgan fingerprint density at radius 3 is 1.28 bits per heavy atom. The third-order valence-electron chi connectivity index (χ3n) is 12.5. The number of aliphatic hydroxyl groups is 2. The number of amides is 1. The van der Waals surface area contributed by atoms with Gasteiger partial charge in [-0.3, -0.25) is 9.59 Å². The van der Waals surface area contributed by atoms with Gasteiger partial charge in [0.15, 0.2) is 0 Å². The number of rotatable bonds is 50. The van der Waals surface area contributed by atoms with Gasteiger partial charge < -0.3 is 20.3 Å². The lowest BCUT2D eigenvalue weighted by Gasteiger charge is -2.22. The van der Waals surface area contributed by atoms with Crippen molar-refractivity contribution < 1.29 is 24.5 Å². The summed E-state index contributed by atoms with van der Waals surface area (Å²) in [6.45, 7) is 4.90. The number of hydrogen-bond acceptors (Lipinski definition) is 5. The van der Waals surface area contributed by atoms with Crippen LogP contribution in [0.4, 0.5) is 0 Å². The van der Waals surface area contributed by atoms with E-state index in [1.165, 1.54) is 199 Å². The molecule has 2 unspecified atom stereocenters. The van der Waals surface area contributed by atoms with Crippen molar-refractivity contribution in [2.24, 2.45) is 0 Å². The van der Waals surface area contributed by atoms with Crippen molar-refractivity contribution in [2.45, 2.75) is 302 Å². The molecule has 0 heterocycles. The first-order valence-corrected chi connectivity index (χ1v) is 27.1. The van der Waals surface area contributed by atoms with Gasteiger partial charge in [0.05, 0.1) is 25.4 Å². The van der Waals surface area contributed by atoms with Crippen molar-refractivity contribution in [2.75, 3.05) is 13.2 Å². The van der Waals surface area contributed by atoms with Gasteiger partial charge in [-0.15, -0.1) is 0 Å². The molecular formula is C55H105NO5. The first-order chi connectivity index (χ1) is 30.0. The lowest BCUT2D eigenvalue weighted by atomic mass is 10.0. The molecule has 0 aliphatic rings. The lowest BCUT2D eigenvalue weighted by molar-refractivity contribution is -0.143. The molecule has 0 spiro atoms. The maximum absolute atomic E-state index is 12.4. The highest BCUT2D eigenvalue weighted by Gasteiger charge is 2.19. The van der Waals surface area contributed by atoms with E-state index in [-0.39, 0.29) is 18.5 Å². The Hall–Kier alpha value is -1.66. The van der Waals surface area contributed by atoms with E-state index in [9.17, 15) is 19.8 Å². The standard InChI is InChI=1S/C55H105NO5/c1-3-5-7-9-11-13-15-17-18-19-20-21-25-29-33-37-41-45-49-55(60)61-50-46-42-38-34-30-26-22-24-28-32-36-40-44-48-54(59)56-52(51-57)53(58)47-43-39-35-31-27-23-16-14-12-10-8-6-4-2/h24,28,36,40,52-53,57-58H,3-23,25-27,29-35,37-39,41-51H2,1-2H3,(H,56,59)/b28-24-,40-36-. The number of carbonyl (C=O) groups excluding carboxylic acids is 2. The average Bonchev–Trinajstić information content (AvgIpc) is 3.26. The molecule has 0 bridgehead atoms. The molecule has 0 saturated heterocycles. The first-order valence-electron chi connectivity index (χ1n) is 27.1. The van der Waals surface area contributed by atoms with E-state index in [4.69, 9.17) is 4.74 Å². The van der Waals surface area contributed by atoms with Crippen LogP contribution in [0, 0.1) is 0 Å². The second-order valence-electron chi connectivity index (χ2n) is 18.6. The molecule has 0 saturated carbocycles. The van der Waals surface area contributed by atoms with Crippen LogP contribution < -0.4 is 5.32 Å². The van der Waals surface area contributed by atoms with Gasteiger partial charge in [-0.1, -0.05) is 256 Å². The maximum atomic E-state index is 12.4. The zero-order valence-electron chi connectivity index (χ0n) is 40.9. The van der Waals surface area contributed by atoms with Crippen molar-refractivity contribution in [1.29, 1.82) is 0 Å². The van der Waals surface area contributed by atoms with E-state index in [0.29, 0.717) is 32.3 Å². The highest BCUT2D eigenvalue weighted by atomic mass is 16.5. The van der Waals surface area contributed by atoms with Crippen molar-refractivity contribution in [3.63, 3.8) is 0 Å². The summed E-state index contributed by atoms with van der Waals surface area (Å²) in [4.78, 5) is 24.5. The fourth-order valence-electron chi connectivity index (χ4n) is 8.34. The van der Waals surface area contributed by atoms with Crippen LogP contribution in [0.15, 0.2) is 24.3 Å². The molecule has 0 radical (unpaired) electrons. The quantitative estimate of drug-likeness (QED) is 0.0322. The Balaban J connectivity index is 3.50. The van der Waals surface area contributed by atoms with Gasteiger partial charge in [-0.2, -0.15) is 0 Å². The Bertz CT molecular complexity index is 951. The predicted molar refractivity (Wildman–Crippen MR) is 264 cm³/mol. The average molecular weight is 860 g/mol. The second-order valence-corrected chi connectivity index (χ2v) is 18.6. The van der Waals surface area contributed by atoms with Crippen molar-refractivity contribution >= 4 is 11.9 Å². The van der Waals surface area contributed by atoms with E-state index in [1.807, 2.05) is 6.08 Å². The highest BCUT2D eigenvalue weighted by molar-refractivity contribution is 5.76. The summed E-state index contributed by atoms with van der Waals surface area (Å²) in [7, 11) is 0. The Kier molecular flexibility index (Phi) is 49.6. The number of allylic oxidation sites excluding steroid dienone is 4. The van der Waals surface area contributed by atoms with Gasteiger partial charge in [-0.25, -0.2) is 0 Å². The van der Waals surface area contributed by atoms with Gasteiger partial charge in [0.25, 0.3) is 0 Å². The molecule has 3 N–H and O–H groups in total. The minimum Gasteiger partial charge on any atom is -0.466 e. The molecule has 6 heteroatoms. The molecule has 1 amide bonds. The minimum absolute atomic E-state index is 0.0127. The Morgan fingerprint density at radius 2 is 0.836 bits per heavy atom. The molecule has 0 aliphatic heterocycles. The molecule has 0 aliphatic carbocycles. The van der Waals surface area contributed by atoms with Crippen LogP contribution in [0.5, 0.6) is 0 Å². The summed E-state index contributed by atoms with van der Waals surface area (Å²) >= 11 is 0. The smallest absolute Gasteiger partial charge is 0.305 e. The van der Waals surface area contributed by atoms with Crippen molar-refractivity contribution in [3.8, 4) is 0 Å². The summed E-state index contributed by atoms with van der Waals surface area (Å²) in [6, 6.07) is -0.584. The van der Waals surface area contributed by atoms with Crippen LogP contribution >= 0.6 is 0 Å². The molecule has 61 heavy (non-hydrogen) atoms. The van der Waals surface area contributed by atoms with Gasteiger partial charge in [0, 0.05) is 12.8 Å². The number of hydrogen-bond donors (Lipinski definition) is 3. The number of esters is 1. The summed E-state index contributed by atoms with van der Waals surface area (Å²) < 4.78 is 5.47. The fourth-order valence-corrected chi connectivity index (χ4v) is 8.34. The number of nitrogens with one attached hydrogen (secondary N) is 1. The van der Waals surface area contributed by atoms with E-state index < -0.39 is 12.1 Å². The van der Waals surface area contributed by atoms with Crippen LogP contribution in [-0.2, 0) is 14.3 Å². The van der Waals surface area contributed by atoms with E-state index in [0.717, 1.165) is 51.4 Å². The van der Waals surface area contributed by atoms with Crippen LogP contribution in [-0.4, -0.2) is 47.4 Å². The predicted octanol–water partition coefficient (Wildman–Crippen LogP) is 16.3.